The van der Waals surface area contributed by atoms with Crippen LogP contribution in [0.15, 0.2) is 102 Å². The molecule has 2 heterocycles. The Kier molecular flexibility index (Phi) is 9.17. The minimum atomic E-state index is -0.637. The number of aryl methyl sites for hydroxylation is 2. The normalized spacial score (nSPS) is 10.8. The van der Waals surface area contributed by atoms with E-state index in [2.05, 4.69) is 11.7 Å². The van der Waals surface area contributed by atoms with Crippen molar-refractivity contribution in [2.75, 3.05) is 5.73 Å². The Hall–Kier alpha value is -5.37. The van der Waals surface area contributed by atoms with E-state index in [1.807, 2.05) is 91.9 Å². The third kappa shape index (κ3) is 6.76. The Balaban J connectivity index is 1.26. The first kappa shape index (κ1) is 29.1. The summed E-state index contributed by atoms with van der Waals surface area (Å²) in [4.78, 5) is 26.4. The van der Waals surface area contributed by atoms with Crippen molar-refractivity contribution in [2.24, 2.45) is 0 Å². The molecule has 5 aromatic rings. The third-order valence-corrected chi connectivity index (χ3v) is 7.14. The van der Waals surface area contributed by atoms with Gasteiger partial charge in [0.05, 0.1) is 5.56 Å². The van der Waals surface area contributed by atoms with Crippen LogP contribution in [-0.4, -0.2) is 21.5 Å². The number of nitrogen functional groups attached to an aromatic ring is 1. The molecule has 8 nitrogen and oxygen atoms in total. The Labute approximate surface area is 250 Å². The van der Waals surface area contributed by atoms with Crippen LogP contribution in [-0.2, 0) is 30.9 Å². The fourth-order valence-corrected chi connectivity index (χ4v) is 4.80. The van der Waals surface area contributed by atoms with E-state index >= 15 is 0 Å². The molecule has 0 aliphatic rings. The number of hydrogen-bond acceptors (Lipinski definition) is 7. The zero-order valence-electron chi connectivity index (χ0n) is 24.0. The van der Waals surface area contributed by atoms with E-state index in [0.717, 1.165) is 22.4 Å². The summed E-state index contributed by atoms with van der Waals surface area (Å²) in [6.07, 6.45) is 3.62. The molecule has 0 aliphatic carbocycles. The number of benzene rings is 3. The summed E-state index contributed by atoms with van der Waals surface area (Å²) in [7, 11) is 0. The van der Waals surface area contributed by atoms with Crippen LogP contribution >= 0.6 is 0 Å². The van der Waals surface area contributed by atoms with Gasteiger partial charge in [0.1, 0.15) is 41.8 Å². The highest BCUT2D eigenvalue weighted by Crippen LogP contribution is 2.30. The van der Waals surface area contributed by atoms with Crippen LogP contribution in [0.5, 0.6) is 5.75 Å². The lowest BCUT2D eigenvalue weighted by molar-refractivity contribution is 0.0471. The van der Waals surface area contributed by atoms with Crippen LogP contribution in [0.1, 0.15) is 56.5 Å². The molecule has 0 fully saturated rings. The number of Topliss-reactive ketones (excluding diaryl/α,β-unsaturated/α-hetero) is 1. The Bertz CT molecular complexity index is 1700. The molecule has 5 rings (SSSR count). The highest BCUT2D eigenvalue weighted by molar-refractivity contribution is 6.09. The smallest absolute Gasteiger partial charge is 0.342 e. The molecule has 218 valence electrons. The van der Waals surface area contributed by atoms with Crippen molar-refractivity contribution in [3.05, 3.63) is 131 Å². The molecule has 43 heavy (non-hydrogen) atoms. The maximum atomic E-state index is 13.4. The molecule has 8 heteroatoms. The van der Waals surface area contributed by atoms with E-state index in [9.17, 15) is 9.59 Å². The quantitative estimate of drug-likeness (QED) is 0.117. The number of nitrogens with two attached hydrogens (primary N) is 1. The summed E-state index contributed by atoms with van der Waals surface area (Å²) in [5, 5.41) is 4.26. The molecule has 0 saturated heterocycles. The minimum Gasteiger partial charge on any atom is -0.489 e. The van der Waals surface area contributed by atoms with Crippen LogP contribution in [0.3, 0.4) is 0 Å². The first-order valence-electron chi connectivity index (χ1n) is 14.1. The Morgan fingerprint density at radius 1 is 0.953 bits per heavy atom. The van der Waals surface area contributed by atoms with E-state index in [4.69, 9.17) is 19.7 Å². The molecule has 0 unspecified atom stereocenters. The van der Waals surface area contributed by atoms with Crippen LogP contribution in [0.4, 0.5) is 5.82 Å². The van der Waals surface area contributed by atoms with Crippen molar-refractivity contribution in [3.63, 3.8) is 0 Å². The van der Waals surface area contributed by atoms with Crippen molar-refractivity contribution >= 4 is 23.6 Å². The summed E-state index contributed by atoms with van der Waals surface area (Å²) in [5.74, 6) is 0.575. The molecule has 2 N–H and O–H groups in total. The molecule has 0 saturated carbocycles. The lowest BCUT2D eigenvalue weighted by atomic mass is 10.0. The zero-order valence-corrected chi connectivity index (χ0v) is 24.0. The van der Waals surface area contributed by atoms with Gasteiger partial charge in [0.15, 0.2) is 5.78 Å². The number of ketones is 1. The van der Waals surface area contributed by atoms with Crippen LogP contribution in [0, 0.1) is 0 Å². The van der Waals surface area contributed by atoms with Crippen LogP contribution in [0.25, 0.3) is 17.3 Å². The van der Waals surface area contributed by atoms with Gasteiger partial charge in [-0.2, -0.15) is 0 Å². The van der Waals surface area contributed by atoms with Gasteiger partial charge in [0.2, 0.25) is 0 Å². The standard InChI is InChI=1S/C35H33N3O5/c1-3-28-31(43-37-33(28)26-15-17-27(18-16-26)41-22-24-11-7-5-8-12-24)20-19-30(39)29-21-38(4-2)34(36)32(29)35(40)42-23-25-13-9-6-10-14-25/h3,5-18,21H,1,4,19-20,22-23,36H2,2H3. The molecule has 3 aromatic carbocycles. The maximum Gasteiger partial charge on any atom is 0.342 e. The Morgan fingerprint density at radius 3 is 2.23 bits per heavy atom. The topological polar surface area (TPSA) is 110 Å². The van der Waals surface area contributed by atoms with Crippen molar-refractivity contribution < 1.29 is 23.6 Å². The third-order valence-electron chi connectivity index (χ3n) is 7.14. The number of rotatable bonds is 13. The maximum absolute atomic E-state index is 13.4. The van der Waals surface area contributed by atoms with E-state index in [-0.39, 0.29) is 42.2 Å². The summed E-state index contributed by atoms with van der Waals surface area (Å²) in [5.41, 5.74) is 10.7. The van der Waals surface area contributed by atoms with E-state index in [1.54, 1.807) is 16.8 Å². The van der Waals surface area contributed by atoms with Crippen LogP contribution in [0.2, 0.25) is 0 Å². The van der Waals surface area contributed by atoms with Gasteiger partial charge in [-0.1, -0.05) is 78.5 Å². The van der Waals surface area contributed by atoms with E-state index < -0.39 is 5.97 Å². The van der Waals surface area contributed by atoms with Crippen molar-refractivity contribution in [1.29, 1.82) is 0 Å². The highest BCUT2D eigenvalue weighted by Gasteiger charge is 2.26. The summed E-state index contributed by atoms with van der Waals surface area (Å²) in [6, 6.07) is 26.9. The minimum absolute atomic E-state index is 0.0771. The Morgan fingerprint density at radius 2 is 1.60 bits per heavy atom. The van der Waals surface area contributed by atoms with Crippen LogP contribution < -0.4 is 10.5 Å². The summed E-state index contributed by atoms with van der Waals surface area (Å²) < 4.78 is 18.7. The molecular weight excluding hydrogens is 542 g/mol. The van der Waals surface area contributed by atoms with Crippen molar-refractivity contribution in [3.8, 4) is 17.0 Å². The SMILES string of the molecule is C=Cc1c(-c2ccc(OCc3ccccc3)cc2)noc1CCC(=O)c1cn(CC)c(N)c1C(=O)OCc1ccccc1. The second-order valence-corrected chi connectivity index (χ2v) is 9.94. The zero-order chi connectivity index (χ0) is 30.2. The highest BCUT2D eigenvalue weighted by atomic mass is 16.5. The van der Waals surface area contributed by atoms with Gasteiger partial charge < -0.3 is 24.3 Å². The summed E-state index contributed by atoms with van der Waals surface area (Å²) in [6.45, 7) is 6.87. The number of nitrogens with zero attached hydrogens (tertiary/aromatic N) is 2. The first-order valence-corrected chi connectivity index (χ1v) is 14.1. The predicted molar refractivity (Wildman–Crippen MR) is 166 cm³/mol. The average molecular weight is 576 g/mol. The lowest BCUT2D eigenvalue weighted by Crippen LogP contribution is -2.13. The van der Waals surface area contributed by atoms with E-state index in [1.165, 1.54) is 0 Å². The fraction of sp³-hybridized carbons (Fsp3) is 0.171. The van der Waals surface area contributed by atoms with Gasteiger partial charge in [-0.3, -0.25) is 4.79 Å². The number of esters is 1. The molecule has 0 aliphatic heterocycles. The van der Waals surface area contributed by atoms with Gasteiger partial charge in [-0.15, -0.1) is 0 Å². The van der Waals surface area contributed by atoms with Gasteiger partial charge in [0, 0.05) is 36.7 Å². The largest absolute Gasteiger partial charge is 0.489 e. The van der Waals surface area contributed by atoms with Gasteiger partial charge in [-0.05, 0) is 42.3 Å². The van der Waals surface area contributed by atoms with Gasteiger partial charge in [0.25, 0.3) is 0 Å². The summed E-state index contributed by atoms with van der Waals surface area (Å²) >= 11 is 0. The second-order valence-electron chi connectivity index (χ2n) is 9.94. The molecule has 0 radical (unpaired) electrons. The molecule has 0 spiro atoms. The number of ether oxygens (including phenoxy) is 2. The first-order chi connectivity index (χ1) is 21.0. The number of aromatic nitrogens is 2. The van der Waals surface area contributed by atoms with Crippen molar-refractivity contribution in [1.82, 2.24) is 9.72 Å². The van der Waals surface area contributed by atoms with E-state index in [0.29, 0.717) is 30.2 Å². The molecule has 2 aromatic heterocycles. The van der Waals surface area contributed by atoms with Gasteiger partial charge in [-0.25, -0.2) is 4.79 Å². The molecule has 0 amide bonds. The van der Waals surface area contributed by atoms with Gasteiger partial charge >= 0.3 is 5.97 Å². The molecule has 0 atom stereocenters. The molecular formula is C35H33N3O5. The number of hydrogen-bond donors (Lipinski definition) is 1. The monoisotopic (exact) mass is 575 g/mol. The number of carbonyl (C=O) groups is 2. The number of carbonyl (C=O) groups excluding carboxylic acids is 2. The predicted octanol–water partition coefficient (Wildman–Crippen LogP) is 7.14. The van der Waals surface area contributed by atoms with Crippen molar-refractivity contribution in [2.45, 2.75) is 39.5 Å². The fourth-order valence-electron chi connectivity index (χ4n) is 4.80. The second kappa shape index (κ2) is 13.5. The average Bonchev–Trinajstić information content (AvgIpc) is 3.62. The number of anilines is 1. The molecule has 0 bridgehead atoms. The lowest BCUT2D eigenvalue weighted by Gasteiger charge is -2.07.